The van der Waals surface area contributed by atoms with Crippen LogP contribution in [0.25, 0.3) is 0 Å². The lowest BCUT2D eigenvalue weighted by Gasteiger charge is -2.13. The number of nitrogens with two attached hydrogens (primary N) is 1. The van der Waals surface area contributed by atoms with Gasteiger partial charge in [-0.05, 0) is 36.8 Å². The maximum absolute atomic E-state index is 12.9. The van der Waals surface area contributed by atoms with Crippen LogP contribution in [0.5, 0.6) is 0 Å². The number of nitrogens with zero attached hydrogens (tertiary/aromatic N) is 1. The lowest BCUT2D eigenvalue weighted by molar-refractivity contribution is 0.152. The average molecular weight is 263 g/mol. The third kappa shape index (κ3) is 3.19. The first-order valence-corrected chi connectivity index (χ1v) is 5.90. The van der Waals surface area contributed by atoms with Crippen molar-refractivity contribution in [3.05, 3.63) is 53.3 Å². The van der Waals surface area contributed by atoms with Gasteiger partial charge in [0.25, 0.3) is 6.43 Å². The highest BCUT2D eigenvalue weighted by atomic mass is 19.3. The van der Waals surface area contributed by atoms with Crippen LogP contribution in [-0.2, 0) is 6.54 Å². The van der Waals surface area contributed by atoms with E-state index in [-0.39, 0.29) is 5.56 Å². The standard InChI is InChI=1S/C14H15F2N3/c1-9-3-2-6-18-13(9)8-19-12-5-4-10(17)7-11(12)14(15)16/h2-7,14,19H,8,17H2,1H3. The highest BCUT2D eigenvalue weighted by molar-refractivity contribution is 5.58. The first-order chi connectivity index (χ1) is 9.08. The van der Waals surface area contributed by atoms with Crippen molar-refractivity contribution in [3.8, 4) is 0 Å². The Kier molecular flexibility index (Phi) is 3.94. The van der Waals surface area contributed by atoms with Crippen LogP contribution in [0.15, 0.2) is 36.5 Å². The summed E-state index contributed by atoms with van der Waals surface area (Å²) in [5.41, 5.74) is 8.00. The van der Waals surface area contributed by atoms with E-state index in [1.54, 1.807) is 18.3 Å². The maximum atomic E-state index is 12.9. The molecule has 5 heteroatoms. The van der Waals surface area contributed by atoms with E-state index >= 15 is 0 Å². The van der Waals surface area contributed by atoms with Crippen molar-refractivity contribution in [2.45, 2.75) is 19.9 Å². The minimum absolute atomic E-state index is 0.0893. The van der Waals surface area contributed by atoms with Gasteiger partial charge >= 0.3 is 0 Å². The van der Waals surface area contributed by atoms with Crippen LogP contribution in [0.1, 0.15) is 23.2 Å². The molecule has 0 aliphatic rings. The Morgan fingerprint density at radius 3 is 2.79 bits per heavy atom. The summed E-state index contributed by atoms with van der Waals surface area (Å²) >= 11 is 0. The molecule has 0 aliphatic carbocycles. The van der Waals surface area contributed by atoms with Gasteiger partial charge in [0.15, 0.2) is 0 Å². The molecule has 0 saturated heterocycles. The number of hydrogen-bond acceptors (Lipinski definition) is 3. The molecule has 0 saturated carbocycles. The number of anilines is 2. The molecule has 2 rings (SSSR count). The second kappa shape index (κ2) is 5.65. The van der Waals surface area contributed by atoms with Crippen LogP contribution in [-0.4, -0.2) is 4.98 Å². The Labute approximate surface area is 110 Å². The number of halogens is 2. The Hall–Kier alpha value is -2.17. The lowest BCUT2D eigenvalue weighted by atomic mass is 10.1. The van der Waals surface area contributed by atoms with E-state index in [2.05, 4.69) is 10.3 Å². The maximum Gasteiger partial charge on any atom is 0.265 e. The van der Waals surface area contributed by atoms with Gasteiger partial charge in [0.2, 0.25) is 0 Å². The average Bonchev–Trinajstić information content (AvgIpc) is 2.38. The molecule has 0 unspecified atom stereocenters. The van der Waals surface area contributed by atoms with Gasteiger partial charge in [0, 0.05) is 23.1 Å². The molecule has 0 spiro atoms. The second-order valence-corrected chi connectivity index (χ2v) is 4.27. The van der Waals surface area contributed by atoms with Crippen LogP contribution in [0.2, 0.25) is 0 Å². The first-order valence-electron chi connectivity index (χ1n) is 5.90. The van der Waals surface area contributed by atoms with Gasteiger partial charge in [-0.2, -0.15) is 0 Å². The zero-order valence-corrected chi connectivity index (χ0v) is 10.5. The fourth-order valence-corrected chi connectivity index (χ4v) is 1.81. The molecule has 19 heavy (non-hydrogen) atoms. The molecule has 0 radical (unpaired) electrons. The molecule has 3 N–H and O–H groups in total. The van der Waals surface area contributed by atoms with Crippen molar-refractivity contribution in [1.29, 1.82) is 0 Å². The van der Waals surface area contributed by atoms with Gasteiger partial charge in [-0.25, -0.2) is 8.78 Å². The van der Waals surface area contributed by atoms with Gasteiger partial charge in [0.1, 0.15) is 0 Å². The summed E-state index contributed by atoms with van der Waals surface area (Å²) in [4.78, 5) is 4.21. The van der Waals surface area contributed by atoms with Crippen molar-refractivity contribution in [3.63, 3.8) is 0 Å². The van der Waals surface area contributed by atoms with Crippen molar-refractivity contribution in [1.82, 2.24) is 4.98 Å². The van der Waals surface area contributed by atoms with Crippen LogP contribution >= 0.6 is 0 Å². The summed E-state index contributed by atoms with van der Waals surface area (Å²) in [5, 5.41) is 2.98. The summed E-state index contributed by atoms with van der Waals surface area (Å²) in [7, 11) is 0. The summed E-state index contributed by atoms with van der Waals surface area (Å²) in [6.07, 6.45) is -0.878. The smallest absolute Gasteiger partial charge is 0.265 e. The minimum atomic E-state index is -2.56. The summed E-state index contributed by atoms with van der Waals surface area (Å²) < 4.78 is 25.8. The van der Waals surface area contributed by atoms with Crippen molar-refractivity contribution in [2.24, 2.45) is 0 Å². The number of aromatic nitrogens is 1. The number of benzene rings is 1. The normalized spacial score (nSPS) is 10.7. The fourth-order valence-electron chi connectivity index (χ4n) is 1.81. The van der Waals surface area contributed by atoms with Crippen LogP contribution in [0.3, 0.4) is 0 Å². The summed E-state index contributed by atoms with van der Waals surface area (Å²) in [6, 6.07) is 8.22. The summed E-state index contributed by atoms with van der Waals surface area (Å²) in [6.45, 7) is 2.33. The third-order valence-corrected chi connectivity index (χ3v) is 2.87. The van der Waals surface area contributed by atoms with E-state index in [4.69, 9.17) is 5.73 Å². The van der Waals surface area contributed by atoms with E-state index in [0.29, 0.717) is 17.9 Å². The molecular weight excluding hydrogens is 248 g/mol. The van der Waals surface area contributed by atoms with E-state index in [1.807, 2.05) is 19.1 Å². The van der Waals surface area contributed by atoms with Gasteiger partial charge < -0.3 is 11.1 Å². The van der Waals surface area contributed by atoms with Crippen LogP contribution in [0.4, 0.5) is 20.2 Å². The summed E-state index contributed by atoms with van der Waals surface area (Å²) in [5.74, 6) is 0. The minimum Gasteiger partial charge on any atom is -0.399 e. The molecule has 0 amide bonds. The molecule has 0 fully saturated rings. The van der Waals surface area contributed by atoms with E-state index in [9.17, 15) is 8.78 Å². The Balaban J connectivity index is 2.18. The van der Waals surface area contributed by atoms with E-state index in [1.165, 1.54) is 6.07 Å². The monoisotopic (exact) mass is 263 g/mol. The first kappa shape index (κ1) is 13.3. The predicted molar refractivity (Wildman–Crippen MR) is 72.1 cm³/mol. The Bertz CT molecular complexity index is 570. The van der Waals surface area contributed by atoms with Crippen molar-refractivity contribution >= 4 is 11.4 Å². The molecule has 100 valence electrons. The quantitative estimate of drug-likeness (QED) is 0.830. The van der Waals surface area contributed by atoms with Crippen LogP contribution in [0, 0.1) is 6.92 Å². The SMILES string of the molecule is Cc1cccnc1CNc1ccc(N)cc1C(F)F. The molecule has 0 atom stereocenters. The number of aryl methyl sites for hydroxylation is 1. The van der Waals surface area contributed by atoms with Gasteiger partial charge in [-0.15, -0.1) is 0 Å². The van der Waals surface area contributed by atoms with Gasteiger partial charge in [0.05, 0.1) is 12.2 Å². The molecule has 2 aromatic rings. The molecule has 1 heterocycles. The Morgan fingerprint density at radius 1 is 1.32 bits per heavy atom. The molecule has 1 aromatic carbocycles. The molecule has 0 aliphatic heterocycles. The van der Waals surface area contributed by atoms with Gasteiger partial charge in [-0.1, -0.05) is 6.07 Å². The van der Waals surface area contributed by atoms with Crippen molar-refractivity contribution in [2.75, 3.05) is 11.1 Å². The Morgan fingerprint density at radius 2 is 2.11 bits per heavy atom. The predicted octanol–water partition coefficient (Wildman–Crippen LogP) is 3.52. The third-order valence-electron chi connectivity index (χ3n) is 2.87. The number of pyridine rings is 1. The fraction of sp³-hybridized carbons (Fsp3) is 0.214. The van der Waals surface area contributed by atoms with E-state index < -0.39 is 6.43 Å². The number of hydrogen-bond donors (Lipinski definition) is 2. The molecular formula is C14H15F2N3. The van der Waals surface area contributed by atoms with Crippen LogP contribution < -0.4 is 11.1 Å². The molecule has 3 nitrogen and oxygen atoms in total. The largest absolute Gasteiger partial charge is 0.399 e. The van der Waals surface area contributed by atoms with Crippen molar-refractivity contribution < 1.29 is 8.78 Å². The number of nitrogens with one attached hydrogen (secondary N) is 1. The topological polar surface area (TPSA) is 50.9 Å². The molecule has 1 aromatic heterocycles. The zero-order chi connectivity index (χ0) is 13.8. The second-order valence-electron chi connectivity index (χ2n) is 4.27. The van der Waals surface area contributed by atoms with E-state index in [0.717, 1.165) is 11.3 Å². The van der Waals surface area contributed by atoms with Gasteiger partial charge in [-0.3, -0.25) is 4.98 Å². The zero-order valence-electron chi connectivity index (χ0n) is 10.5. The number of alkyl halides is 2. The highest BCUT2D eigenvalue weighted by Crippen LogP contribution is 2.29. The highest BCUT2D eigenvalue weighted by Gasteiger charge is 2.13. The number of nitrogen functional groups attached to an aromatic ring is 1. The lowest BCUT2D eigenvalue weighted by Crippen LogP contribution is -2.06. The number of rotatable bonds is 4. The molecule has 0 bridgehead atoms.